The number of nitrogens with zero attached hydrogens (tertiary/aromatic N) is 3. The van der Waals surface area contributed by atoms with Gasteiger partial charge in [-0.3, -0.25) is 14.5 Å². The second kappa shape index (κ2) is 7.37. The maximum Gasteiger partial charge on any atom is 0.266 e. The molecule has 2 aliphatic rings. The van der Waals surface area contributed by atoms with Gasteiger partial charge in [0.05, 0.1) is 21.7 Å². The highest BCUT2D eigenvalue weighted by atomic mass is 32.2. The van der Waals surface area contributed by atoms with Crippen molar-refractivity contribution in [3.05, 3.63) is 45.1 Å². The molecular weight excluding hydrogens is 390 g/mol. The lowest BCUT2D eigenvalue weighted by molar-refractivity contribution is -0.123. The van der Waals surface area contributed by atoms with E-state index in [1.165, 1.54) is 11.8 Å². The van der Waals surface area contributed by atoms with Crippen LogP contribution >= 0.6 is 24.0 Å². The van der Waals surface area contributed by atoms with E-state index in [9.17, 15) is 9.59 Å². The molecule has 0 radical (unpaired) electrons. The number of amides is 1. The highest BCUT2D eigenvalue weighted by Gasteiger charge is 2.34. The molecule has 4 rings (SSSR count). The number of hydrogen-bond acceptors (Lipinski definition) is 5. The van der Waals surface area contributed by atoms with Gasteiger partial charge in [0.2, 0.25) is 0 Å². The molecule has 0 unspecified atom stereocenters. The third kappa shape index (κ3) is 3.06. The number of fused-ring (bicyclic) bond motifs is 1. The molecule has 1 aromatic heterocycles. The first-order chi connectivity index (χ1) is 13.4. The average molecular weight is 414 g/mol. The van der Waals surface area contributed by atoms with E-state index in [-0.39, 0.29) is 17.5 Å². The summed E-state index contributed by atoms with van der Waals surface area (Å²) in [5.74, 6) is -0.118. The summed E-state index contributed by atoms with van der Waals surface area (Å²) < 4.78 is 2.22. The van der Waals surface area contributed by atoms with Crippen LogP contribution < -0.4 is 10.5 Å². The third-order valence-corrected chi connectivity index (χ3v) is 6.68. The number of anilines is 1. The van der Waals surface area contributed by atoms with Crippen LogP contribution in [0.3, 0.4) is 0 Å². The maximum absolute atomic E-state index is 13.3. The molecule has 2 aliphatic heterocycles. The number of aryl methyl sites for hydroxylation is 1. The highest BCUT2D eigenvalue weighted by Crippen LogP contribution is 2.37. The molecule has 146 valence electrons. The fourth-order valence-corrected chi connectivity index (χ4v) is 5.48. The van der Waals surface area contributed by atoms with Crippen molar-refractivity contribution >= 4 is 56.9 Å². The van der Waals surface area contributed by atoms with E-state index in [1.54, 1.807) is 22.6 Å². The minimum Gasteiger partial charge on any atom is -0.370 e. The van der Waals surface area contributed by atoms with Crippen molar-refractivity contribution in [2.75, 3.05) is 18.0 Å². The Hall–Kier alpha value is -2.12. The molecule has 28 heavy (non-hydrogen) atoms. The molecule has 0 spiro atoms. The normalized spacial score (nSPS) is 19.1. The van der Waals surface area contributed by atoms with Crippen molar-refractivity contribution in [1.82, 2.24) is 9.47 Å². The first kappa shape index (κ1) is 19.2. The molecule has 0 saturated carbocycles. The largest absolute Gasteiger partial charge is 0.370 e. The lowest BCUT2D eigenvalue weighted by Gasteiger charge is -2.23. The van der Waals surface area contributed by atoms with Crippen molar-refractivity contribution in [3.63, 3.8) is 0 Å². The molecule has 0 aliphatic carbocycles. The van der Waals surface area contributed by atoms with Crippen LogP contribution in [-0.4, -0.2) is 38.8 Å². The van der Waals surface area contributed by atoms with Crippen molar-refractivity contribution in [1.29, 1.82) is 0 Å². The minimum atomic E-state index is -0.118. The van der Waals surface area contributed by atoms with Crippen molar-refractivity contribution in [2.45, 2.75) is 32.7 Å². The molecule has 0 atom stereocenters. The molecule has 0 N–H and O–H groups in total. The quantitative estimate of drug-likeness (QED) is 0.567. The summed E-state index contributed by atoms with van der Waals surface area (Å²) in [7, 11) is 1.79. The van der Waals surface area contributed by atoms with Crippen LogP contribution in [0.25, 0.3) is 17.0 Å². The number of para-hydroxylation sites is 1. The summed E-state index contributed by atoms with van der Waals surface area (Å²) in [5.41, 5.74) is 2.33. The number of thioether (sulfide) groups is 1. The summed E-state index contributed by atoms with van der Waals surface area (Å²) in [4.78, 5) is 30.6. The first-order valence-electron chi connectivity index (χ1n) is 9.54. The predicted molar refractivity (Wildman–Crippen MR) is 121 cm³/mol. The van der Waals surface area contributed by atoms with Gasteiger partial charge in [-0.05, 0) is 38.8 Å². The number of thiocarbonyl (C=S) groups is 1. The van der Waals surface area contributed by atoms with E-state index in [0.717, 1.165) is 42.5 Å². The number of rotatable bonds is 3. The van der Waals surface area contributed by atoms with E-state index in [1.807, 2.05) is 32.0 Å². The molecule has 0 bridgehead atoms. The smallest absolute Gasteiger partial charge is 0.266 e. The summed E-state index contributed by atoms with van der Waals surface area (Å²) in [6.45, 7) is 5.73. The van der Waals surface area contributed by atoms with Gasteiger partial charge in [0.25, 0.3) is 11.5 Å². The van der Waals surface area contributed by atoms with Crippen LogP contribution in [0.4, 0.5) is 5.69 Å². The lowest BCUT2D eigenvalue weighted by Crippen LogP contribution is -2.34. The van der Waals surface area contributed by atoms with E-state index in [4.69, 9.17) is 12.2 Å². The van der Waals surface area contributed by atoms with Crippen LogP contribution in [-0.2, 0) is 11.8 Å². The standard InChI is InChI=1S/C21H23N3O2S2/c1-13(2)24-20(26)17(28-21(24)27)12-15-18(23-10-6-7-11-23)14-8-4-5-9-16(14)22(3)19(15)25/h4-5,8-9,12-13H,6-7,10-11H2,1-3H3. The first-order valence-corrected chi connectivity index (χ1v) is 10.8. The summed E-state index contributed by atoms with van der Waals surface area (Å²) in [6.07, 6.45) is 3.97. The Bertz CT molecular complexity index is 1070. The van der Waals surface area contributed by atoms with Crippen LogP contribution in [0.1, 0.15) is 32.3 Å². The molecule has 3 heterocycles. The van der Waals surface area contributed by atoms with Gasteiger partial charge in [0.1, 0.15) is 4.32 Å². The zero-order valence-corrected chi connectivity index (χ0v) is 17.9. The van der Waals surface area contributed by atoms with E-state index in [2.05, 4.69) is 11.0 Å². The zero-order chi connectivity index (χ0) is 20.0. The fraction of sp³-hybridized carbons (Fsp3) is 0.381. The van der Waals surface area contributed by atoms with Crippen molar-refractivity contribution < 1.29 is 4.79 Å². The molecule has 7 heteroatoms. The second-order valence-electron chi connectivity index (χ2n) is 7.48. The Balaban J connectivity index is 1.95. The highest BCUT2D eigenvalue weighted by molar-refractivity contribution is 8.26. The number of pyridine rings is 1. The zero-order valence-electron chi connectivity index (χ0n) is 16.3. The van der Waals surface area contributed by atoms with Crippen molar-refractivity contribution in [2.24, 2.45) is 7.05 Å². The number of carbonyl (C=O) groups is 1. The second-order valence-corrected chi connectivity index (χ2v) is 9.16. The Kier molecular flexibility index (Phi) is 5.05. The van der Waals surface area contributed by atoms with E-state index >= 15 is 0 Å². The minimum absolute atomic E-state index is 0.00381. The molecule has 1 aromatic carbocycles. The summed E-state index contributed by atoms with van der Waals surface area (Å²) >= 11 is 6.67. The molecular formula is C21H23N3O2S2. The summed E-state index contributed by atoms with van der Waals surface area (Å²) in [6, 6.07) is 7.96. The van der Waals surface area contributed by atoms with Crippen LogP contribution in [0.2, 0.25) is 0 Å². The molecule has 1 amide bonds. The average Bonchev–Trinajstić information content (AvgIpc) is 3.28. The number of carbonyl (C=O) groups excluding carboxylic acids is 1. The van der Waals surface area contributed by atoms with Gasteiger partial charge in [-0.1, -0.05) is 42.2 Å². The molecule has 2 fully saturated rings. The monoisotopic (exact) mass is 413 g/mol. The SMILES string of the molecule is CC(C)N1C(=O)C(=Cc2c(N3CCCC3)c3ccccc3n(C)c2=O)SC1=S. The van der Waals surface area contributed by atoms with E-state index < -0.39 is 0 Å². The van der Waals surface area contributed by atoms with Crippen molar-refractivity contribution in [3.8, 4) is 0 Å². The third-order valence-electron chi connectivity index (χ3n) is 5.35. The van der Waals surface area contributed by atoms with Gasteiger partial charge in [-0.15, -0.1) is 0 Å². The van der Waals surface area contributed by atoms with Gasteiger partial charge in [0.15, 0.2) is 0 Å². The van der Waals surface area contributed by atoms with Gasteiger partial charge in [-0.25, -0.2) is 0 Å². The number of aromatic nitrogens is 1. The van der Waals surface area contributed by atoms with Gasteiger partial charge in [0, 0.05) is 31.6 Å². The number of benzene rings is 1. The van der Waals surface area contributed by atoms with E-state index in [0.29, 0.717) is 14.8 Å². The number of hydrogen-bond donors (Lipinski definition) is 0. The Labute approximate surface area is 174 Å². The topological polar surface area (TPSA) is 45.6 Å². The Morgan fingerprint density at radius 3 is 2.46 bits per heavy atom. The molecule has 2 saturated heterocycles. The van der Waals surface area contributed by atoms with Crippen LogP contribution in [0.15, 0.2) is 34.0 Å². The molecule has 2 aromatic rings. The van der Waals surface area contributed by atoms with Gasteiger partial charge in [-0.2, -0.15) is 0 Å². The summed E-state index contributed by atoms with van der Waals surface area (Å²) in [5, 5.41) is 1.04. The molecule has 5 nitrogen and oxygen atoms in total. The Morgan fingerprint density at radius 1 is 1.14 bits per heavy atom. The van der Waals surface area contributed by atoms with Gasteiger partial charge >= 0.3 is 0 Å². The van der Waals surface area contributed by atoms with Crippen LogP contribution in [0, 0.1) is 0 Å². The van der Waals surface area contributed by atoms with Gasteiger partial charge < -0.3 is 9.47 Å². The lowest BCUT2D eigenvalue weighted by atomic mass is 10.1. The predicted octanol–water partition coefficient (Wildman–Crippen LogP) is 3.75. The maximum atomic E-state index is 13.3. The Morgan fingerprint density at radius 2 is 1.82 bits per heavy atom. The van der Waals surface area contributed by atoms with Crippen LogP contribution in [0.5, 0.6) is 0 Å². The fourth-order valence-electron chi connectivity index (χ4n) is 3.97.